The highest BCUT2D eigenvalue weighted by atomic mass is 16.5. The van der Waals surface area contributed by atoms with Crippen LogP contribution in [0.3, 0.4) is 0 Å². The maximum Gasteiger partial charge on any atom is 0.355 e. The Balaban J connectivity index is 1.86. The van der Waals surface area contributed by atoms with Gasteiger partial charge in [0.15, 0.2) is 11.5 Å². The van der Waals surface area contributed by atoms with Crippen molar-refractivity contribution in [2.75, 3.05) is 28.4 Å². The van der Waals surface area contributed by atoms with Crippen LogP contribution in [0.4, 0.5) is 0 Å². The Labute approximate surface area is 242 Å². The van der Waals surface area contributed by atoms with E-state index in [2.05, 4.69) is 9.97 Å². The van der Waals surface area contributed by atoms with Crippen LogP contribution in [0.15, 0.2) is 84.0 Å². The Morgan fingerprint density at radius 1 is 0.833 bits per heavy atom. The van der Waals surface area contributed by atoms with Gasteiger partial charge in [0, 0.05) is 29.5 Å². The molecule has 0 aliphatic heterocycles. The van der Waals surface area contributed by atoms with Gasteiger partial charge in [0.1, 0.15) is 18.1 Å². The number of aromatic nitrogens is 3. The third-order valence-corrected chi connectivity index (χ3v) is 6.79. The molecule has 0 saturated heterocycles. The number of hydrogen-bond donors (Lipinski definition) is 0. The Morgan fingerprint density at radius 2 is 1.57 bits per heavy atom. The molecular weight excluding hydrogens is 538 g/mol. The summed E-state index contributed by atoms with van der Waals surface area (Å²) >= 11 is 0. The molecule has 42 heavy (non-hydrogen) atoms. The van der Waals surface area contributed by atoms with Crippen LogP contribution in [0.1, 0.15) is 21.7 Å². The molecule has 10 heteroatoms. The lowest BCUT2D eigenvalue weighted by Gasteiger charge is -2.21. The summed E-state index contributed by atoms with van der Waals surface area (Å²) < 4.78 is 29.5. The van der Waals surface area contributed by atoms with Crippen LogP contribution in [0.5, 0.6) is 23.0 Å². The highest BCUT2D eigenvalue weighted by Gasteiger charge is 2.27. The summed E-state index contributed by atoms with van der Waals surface area (Å²) in [5, 5.41) is 0.776. The number of pyridine rings is 3. The molecule has 0 atom stereocenters. The average Bonchev–Trinajstić information content (AvgIpc) is 3.04. The first-order chi connectivity index (χ1) is 20.5. The predicted molar refractivity (Wildman–Crippen MR) is 157 cm³/mol. The van der Waals surface area contributed by atoms with Crippen LogP contribution in [0.25, 0.3) is 21.9 Å². The zero-order chi connectivity index (χ0) is 29.6. The van der Waals surface area contributed by atoms with Gasteiger partial charge in [0.05, 0.1) is 46.1 Å². The average molecular weight is 568 g/mol. The highest BCUT2D eigenvalue weighted by molar-refractivity contribution is 6.08. The van der Waals surface area contributed by atoms with E-state index in [1.807, 2.05) is 18.2 Å². The van der Waals surface area contributed by atoms with Crippen molar-refractivity contribution in [1.29, 1.82) is 0 Å². The van der Waals surface area contributed by atoms with E-state index in [1.54, 1.807) is 61.1 Å². The molecule has 0 fully saturated rings. The normalized spacial score (nSPS) is 10.8. The molecule has 10 nitrogen and oxygen atoms in total. The van der Waals surface area contributed by atoms with E-state index >= 15 is 0 Å². The molecule has 0 amide bonds. The van der Waals surface area contributed by atoms with Crippen molar-refractivity contribution in [2.45, 2.75) is 13.2 Å². The van der Waals surface area contributed by atoms with Gasteiger partial charge < -0.3 is 23.7 Å². The Morgan fingerprint density at radius 3 is 2.19 bits per heavy atom. The molecule has 0 N–H and O–H groups in total. The minimum atomic E-state index is -0.688. The topological polar surface area (TPSA) is 111 Å². The van der Waals surface area contributed by atoms with Crippen molar-refractivity contribution >= 4 is 16.7 Å². The molecule has 2 aromatic carbocycles. The molecule has 0 bridgehead atoms. The second kappa shape index (κ2) is 12.4. The summed E-state index contributed by atoms with van der Waals surface area (Å²) in [6.45, 7) is 0.218. The number of esters is 1. The number of nitrogens with zero attached hydrogens (tertiary/aromatic N) is 3. The summed E-state index contributed by atoms with van der Waals surface area (Å²) in [4.78, 5) is 36.2. The van der Waals surface area contributed by atoms with Crippen molar-refractivity contribution < 1.29 is 28.5 Å². The van der Waals surface area contributed by atoms with Crippen LogP contribution in [0, 0.1) is 0 Å². The summed E-state index contributed by atoms with van der Waals surface area (Å²) in [5.41, 5.74) is 2.08. The lowest BCUT2D eigenvalue weighted by atomic mass is 9.95. The van der Waals surface area contributed by atoms with Gasteiger partial charge in [-0.05, 0) is 53.6 Å². The summed E-state index contributed by atoms with van der Waals surface area (Å²) in [7, 11) is 5.80. The van der Waals surface area contributed by atoms with Crippen LogP contribution in [-0.2, 0) is 17.9 Å². The molecule has 0 unspecified atom stereocenters. The number of carbonyl (C=O) groups excluding carboxylic acids is 1. The quantitative estimate of drug-likeness (QED) is 0.218. The van der Waals surface area contributed by atoms with Crippen LogP contribution >= 0.6 is 0 Å². The van der Waals surface area contributed by atoms with Gasteiger partial charge in [0.25, 0.3) is 5.56 Å². The zero-order valence-electron chi connectivity index (χ0n) is 23.6. The molecule has 214 valence electrons. The Hall–Kier alpha value is -5.38. The van der Waals surface area contributed by atoms with Crippen LogP contribution in [0.2, 0.25) is 0 Å². The second-order valence-electron chi connectivity index (χ2n) is 9.16. The molecular formula is C32H29N3O7. The summed E-state index contributed by atoms with van der Waals surface area (Å²) in [6, 6.07) is 17.8. The van der Waals surface area contributed by atoms with Gasteiger partial charge in [-0.15, -0.1) is 0 Å². The first kappa shape index (κ1) is 28.2. The molecule has 3 heterocycles. The van der Waals surface area contributed by atoms with Gasteiger partial charge in [-0.1, -0.05) is 18.2 Å². The van der Waals surface area contributed by atoms with Gasteiger partial charge in [-0.25, -0.2) is 4.79 Å². The number of hydrogen-bond acceptors (Lipinski definition) is 9. The van der Waals surface area contributed by atoms with Crippen molar-refractivity contribution in [1.82, 2.24) is 14.5 Å². The number of methoxy groups -OCH3 is 4. The van der Waals surface area contributed by atoms with Crippen LogP contribution < -0.4 is 24.5 Å². The van der Waals surface area contributed by atoms with E-state index in [9.17, 15) is 9.59 Å². The zero-order valence-corrected chi connectivity index (χ0v) is 23.6. The molecule has 0 saturated carbocycles. The predicted octanol–water partition coefficient (Wildman–Crippen LogP) is 4.90. The Bertz CT molecular complexity index is 1760. The number of carbonyl (C=O) groups is 1. The largest absolute Gasteiger partial charge is 0.493 e. The fourth-order valence-corrected chi connectivity index (χ4v) is 4.86. The van der Waals surface area contributed by atoms with E-state index in [0.29, 0.717) is 50.6 Å². The van der Waals surface area contributed by atoms with Crippen molar-refractivity contribution in [3.05, 3.63) is 107 Å². The fraction of sp³-hybridized carbons (Fsp3) is 0.188. The molecule has 3 aromatic heterocycles. The first-order valence-corrected chi connectivity index (χ1v) is 13.0. The van der Waals surface area contributed by atoms with E-state index in [0.717, 1.165) is 5.56 Å². The maximum absolute atomic E-state index is 14.3. The summed E-state index contributed by atoms with van der Waals surface area (Å²) in [6.07, 6.45) is 4.93. The van der Waals surface area contributed by atoms with E-state index < -0.39 is 11.5 Å². The monoisotopic (exact) mass is 567 g/mol. The molecule has 0 spiro atoms. The third-order valence-electron chi connectivity index (χ3n) is 6.79. The minimum absolute atomic E-state index is 0.0583. The number of benzene rings is 2. The molecule has 0 aliphatic rings. The van der Waals surface area contributed by atoms with Gasteiger partial charge in [-0.3, -0.25) is 19.3 Å². The summed E-state index contributed by atoms with van der Waals surface area (Å²) in [5.74, 6) is 0.802. The van der Waals surface area contributed by atoms with Gasteiger partial charge in [-0.2, -0.15) is 0 Å². The lowest BCUT2D eigenvalue weighted by Crippen LogP contribution is -2.29. The standard InChI is InChI=1S/C32H29N3O7/c1-38-25-16-21(17-26(39-2)30(25)40-3)27-23-9-7-10-24(42-19-22-8-5-6-13-34-22)28(23)31(36)35(29(27)32(37)41-4)18-20-11-14-33-15-12-20/h5-17H,18-19H2,1-4H3. The third kappa shape index (κ3) is 5.34. The molecule has 5 rings (SSSR count). The van der Waals surface area contributed by atoms with Crippen molar-refractivity contribution in [2.24, 2.45) is 0 Å². The van der Waals surface area contributed by atoms with Crippen molar-refractivity contribution in [3.63, 3.8) is 0 Å². The number of rotatable bonds is 10. The van der Waals surface area contributed by atoms with Gasteiger partial charge >= 0.3 is 5.97 Å². The SMILES string of the molecule is COC(=O)c1c(-c2cc(OC)c(OC)c(OC)c2)c2cccc(OCc3ccccn3)c2c(=O)n1Cc1ccncc1. The highest BCUT2D eigenvalue weighted by Crippen LogP contribution is 2.44. The van der Waals surface area contributed by atoms with E-state index in [4.69, 9.17) is 23.7 Å². The maximum atomic E-state index is 14.3. The molecule has 0 aliphatic carbocycles. The minimum Gasteiger partial charge on any atom is -0.493 e. The smallest absolute Gasteiger partial charge is 0.355 e. The Kier molecular flexibility index (Phi) is 8.33. The van der Waals surface area contributed by atoms with E-state index in [-0.39, 0.29) is 18.8 Å². The molecule has 5 aromatic rings. The lowest BCUT2D eigenvalue weighted by molar-refractivity contribution is 0.0588. The second-order valence-corrected chi connectivity index (χ2v) is 9.16. The number of fused-ring (bicyclic) bond motifs is 1. The van der Waals surface area contributed by atoms with Crippen LogP contribution in [-0.4, -0.2) is 48.9 Å². The van der Waals surface area contributed by atoms with Crippen molar-refractivity contribution in [3.8, 4) is 34.1 Å². The number of ether oxygens (including phenoxy) is 5. The van der Waals surface area contributed by atoms with E-state index in [1.165, 1.54) is 33.0 Å². The first-order valence-electron chi connectivity index (χ1n) is 13.0. The fourth-order valence-electron chi connectivity index (χ4n) is 4.86. The van der Waals surface area contributed by atoms with Gasteiger partial charge in [0.2, 0.25) is 5.75 Å². The molecule has 0 radical (unpaired) electrons.